The molecule has 0 spiro atoms. The fourth-order valence-electron chi connectivity index (χ4n) is 2.27. The number of sulfonamides is 1. The Morgan fingerprint density at radius 2 is 1.43 bits per heavy atom. The van der Waals surface area contributed by atoms with Crippen molar-refractivity contribution in [3.05, 3.63) is 65.2 Å². The summed E-state index contributed by atoms with van der Waals surface area (Å²) < 4.78 is 60.4. The third-order valence-corrected chi connectivity index (χ3v) is 4.72. The minimum atomic E-state index is -5.61. The number of hydroxylamine groups is 2. The second-order valence-corrected chi connectivity index (χ2v) is 7.13. The van der Waals surface area contributed by atoms with E-state index in [2.05, 4.69) is 0 Å². The van der Waals surface area contributed by atoms with Gasteiger partial charge < -0.3 is 4.84 Å². The Bertz CT molecular complexity index is 1050. The predicted molar refractivity (Wildman–Crippen MR) is 87.4 cm³/mol. The van der Waals surface area contributed by atoms with Gasteiger partial charge in [-0.1, -0.05) is 17.2 Å². The number of nitrogens with zero attached hydrogens (tertiary/aromatic N) is 1. The van der Waals surface area contributed by atoms with E-state index < -0.39 is 39.0 Å². The summed E-state index contributed by atoms with van der Waals surface area (Å²) >= 11 is 0. The number of carbonyl (C=O) groups is 3. The monoisotopic (exact) mass is 414 g/mol. The van der Waals surface area contributed by atoms with Crippen molar-refractivity contribution in [1.29, 1.82) is 0 Å². The molecule has 1 aliphatic rings. The number of halogens is 3. The van der Waals surface area contributed by atoms with Crippen molar-refractivity contribution in [2.75, 3.05) is 4.72 Å². The number of carbonyl (C=O) groups excluding carboxylic acids is 3. The van der Waals surface area contributed by atoms with Crippen molar-refractivity contribution in [1.82, 2.24) is 5.06 Å². The van der Waals surface area contributed by atoms with Gasteiger partial charge in [0.15, 0.2) is 0 Å². The molecular formula is C16H9F3N2O6S. The van der Waals surface area contributed by atoms with Crippen LogP contribution < -0.4 is 4.72 Å². The molecule has 0 radical (unpaired) electrons. The second kappa shape index (κ2) is 6.64. The Morgan fingerprint density at radius 3 is 1.89 bits per heavy atom. The zero-order valence-corrected chi connectivity index (χ0v) is 14.4. The quantitative estimate of drug-likeness (QED) is 0.769. The summed E-state index contributed by atoms with van der Waals surface area (Å²) in [7, 11) is -5.61. The molecule has 28 heavy (non-hydrogen) atoms. The van der Waals surface area contributed by atoms with E-state index in [0.29, 0.717) is 0 Å². The average Bonchev–Trinajstić information content (AvgIpc) is 2.86. The lowest BCUT2D eigenvalue weighted by molar-refractivity contribution is -0.0584. The first-order chi connectivity index (χ1) is 13.0. The summed E-state index contributed by atoms with van der Waals surface area (Å²) in [5.74, 6) is -2.83. The first kappa shape index (κ1) is 19.4. The van der Waals surface area contributed by atoms with E-state index in [9.17, 15) is 36.0 Å². The maximum atomic E-state index is 12.3. The number of hydrogen-bond acceptors (Lipinski definition) is 6. The Kier molecular flexibility index (Phi) is 4.59. The molecule has 1 aliphatic heterocycles. The van der Waals surface area contributed by atoms with Crippen LogP contribution >= 0.6 is 0 Å². The van der Waals surface area contributed by atoms with E-state index in [1.165, 1.54) is 29.0 Å². The van der Waals surface area contributed by atoms with Crippen molar-refractivity contribution < 1.29 is 40.8 Å². The molecule has 1 heterocycles. The van der Waals surface area contributed by atoms with Gasteiger partial charge in [-0.3, -0.25) is 14.3 Å². The molecule has 146 valence electrons. The van der Waals surface area contributed by atoms with Crippen molar-refractivity contribution in [2.45, 2.75) is 5.51 Å². The van der Waals surface area contributed by atoms with Gasteiger partial charge in [0.05, 0.1) is 16.7 Å². The SMILES string of the molecule is O=C(ON1C(=O)c2ccccc2C1=O)c1ccc(NS(=O)(=O)C(F)(F)F)cc1. The van der Waals surface area contributed by atoms with Crippen LogP contribution in [0.2, 0.25) is 0 Å². The summed E-state index contributed by atoms with van der Waals surface area (Å²) in [6, 6.07) is 9.52. The standard InChI is InChI=1S/C16H9F3N2O6S/c17-16(18,19)28(25,26)20-10-7-5-9(6-8-10)15(24)27-21-13(22)11-3-1-2-4-12(11)14(21)23/h1-8,20H. The number of amides is 2. The van der Waals surface area contributed by atoms with Gasteiger partial charge in [-0.2, -0.15) is 21.6 Å². The smallest absolute Gasteiger partial charge is 0.324 e. The molecule has 3 rings (SSSR count). The lowest BCUT2D eigenvalue weighted by atomic mass is 10.1. The van der Waals surface area contributed by atoms with Crippen LogP contribution in [0.15, 0.2) is 48.5 Å². The minimum absolute atomic E-state index is 0.0530. The molecule has 8 nitrogen and oxygen atoms in total. The topological polar surface area (TPSA) is 110 Å². The third kappa shape index (κ3) is 3.41. The first-order valence-corrected chi connectivity index (χ1v) is 8.89. The molecular weight excluding hydrogens is 405 g/mol. The highest BCUT2D eigenvalue weighted by atomic mass is 32.2. The Balaban J connectivity index is 1.73. The van der Waals surface area contributed by atoms with E-state index in [1.54, 1.807) is 0 Å². The highest BCUT2D eigenvalue weighted by molar-refractivity contribution is 7.93. The van der Waals surface area contributed by atoms with E-state index in [4.69, 9.17) is 4.84 Å². The molecule has 12 heteroatoms. The molecule has 2 aromatic carbocycles. The molecule has 1 N–H and O–H groups in total. The largest absolute Gasteiger partial charge is 0.516 e. The van der Waals surface area contributed by atoms with Gasteiger partial charge >= 0.3 is 21.5 Å². The number of anilines is 1. The molecule has 0 bridgehead atoms. The number of alkyl halides is 3. The van der Waals surface area contributed by atoms with Gasteiger partial charge in [0.25, 0.3) is 11.8 Å². The van der Waals surface area contributed by atoms with E-state index in [-0.39, 0.29) is 21.8 Å². The van der Waals surface area contributed by atoms with Crippen LogP contribution in [0.1, 0.15) is 31.1 Å². The van der Waals surface area contributed by atoms with Crippen LogP contribution in [0.3, 0.4) is 0 Å². The van der Waals surface area contributed by atoms with Gasteiger partial charge in [0.1, 0.15) is 0 Å². The number of fused-ring (bicyclic) bond motifs is 1. The fourth-order valence-corrected chi connectivity index (χ4v) is 2.84. The lowest BCUT2D eigenvalue weighted by Gasteiger charge is -2.13. The van der Waals surface area contributed by atoms with Crippen molar-refractivity contribution in [2.24, 2.45) is 0 Å². The average molecular weight is 414 g/mol. The molecule has 0 saturated heterocycles. The van der Waals surface area contributed by atoms with Gasteiger partial charge in [-0.05, 0) is 36.4 Å². The molecule has 0 aromatic heterocycles. The van der Waals surface area contributed by atoms with E-state index in [0.717, 1.165) is 24.3 Å². The van der Waals surface area contributed by atoms with Crippen LogP contribution in [-0.2, 0) is 14.9 Å². The normalized spacial score (nSPS) is 14.0. The van der Waals surface area contributed by atoms with Crippen LogP contribution in [-0.4, -0.2) is 36.8 Å². The zero-order valence-electron chi connectivity index (χ0n) is 13.6. The summed E-state index contributed by atoms with van der Waals surface area (Å²) in [6.45, 7) is 0. The van der Waals surface area contributed by atoms with E-state index in [1.807, 2.05) is 0 Å². The number of rotatable bonds is 4. The summed E-state index contributed by atoms with van der Waals surface area (Å²) in [6.07, 6.45) is 0. The molecule has 0 aliphatic carbocycles. The minimum Gasteiger partial charge on any atom is -0.324 e. The Hall–Kier alpha value is -3.41. The Morgan fingerprint density at radius 1 is 0.929 bits per heavy atom. The lowest BCUT2D eigenvalue weighted by Crippen LogP contribution is -2.32. The van der Waals surface area contributed by atoms with Gasteiger partial charge in [-0.25, -0.2) is 4.79 Å². The predicted octanol–water partition coefficient (Wildman–Crippen LogP) is 2.32. The number of nitrogens with one attached hydrogen (secondary N) is 1. The summed E-state index contributed by atoms with van der Waals surface area (Å²) in [5, 5.41) is 0.271. The van der Waals surface area contributed by atoms with Gasteiger partial charge in [0, 0.05) is 5.69 Å². The second-order valence-electron chi connectivity index (χ2n) is 5.46. The number of imide groups is 1. The number of hydrogen-bond donors (Lipinski definition) is 1. The van der Waals surface area contributed by atoms with Crippen molar-refractivity contribution in [3.8, 4) is 0 Å². The molecule has 0 atom stereocenters. The molecule has 0 saturated carbocycles. The zero-order chi connectivity index (χ0) is 20.7. The molecule has 2 aromatic rings. The summed E-state index contributed by atoms with van der Waals surface area (Å²) in [4.78, 5) is 41.1. The Labute approximate surface area is 155 Å². The molecule has 0 unspecified atom stereocenters. The third-order valence-electron chi connectivity index (χ3n) is 3.61. The van der Waals surface area contributed by atoms with E-state index >= 15 is 0 Å². The van der Waals surface area contributed by atoms with Crippen LogP contribution in [0, 0.1) is 0 Å². The maximum Gasteiger partial charge on any atom is 0.516 e. The molecule has 2 amide bonds. The van der Waals surface area contributed by atoms with Crippen molar-refractivity contribution in [3.63, 3.8) is 0 Å². The van der Waals surface area contributed by atoms with Crippen LogP contribution in [0.25, 0.3) is 0 Å². The maximum absolute atomic E-state index is 12.3. The van der Waals surface area contributed by atoms with Crippen molar-refractivity contribution >= 4 is 33.5 Å². The highest BCUT2D eigenvalue weighted by Gasteiger charge is 2.46. The van der Waals surface area contributed by atoms with Gasteiger partial charge in [0.2, 0.25) is 0 Å². The number of benzene rings is 2. The first-order valence-electron chi connectivity index (χ1n) is 7.40. The van der Waals surface area contributed by atoms with Crippen LogP contribution in [0.5, 0.6) is 0 Å². The fraction of sp³-hybridized carbons (Fsp3) is 0.0625. The highest BCUT2D eigenvalue weighted by Crippen LogP contribution is 2.26. The van der Waals surface area contributed by atoms with Gasteiger partial charge in [-0.15, -0.1) is 0 Å². The van der Waals surface area contributed by atoms with Crippen LogP contribution in [0.4, 0.5) is 18.9 Å². The summed E-state index contributed by atoms with van der Waals surface area (Å²) in [5.41, 5.74) is -6.08. The molecule has 0 fully saturated rings.